The number of carbonyl (C=O) groups excluding carboxylic acids is 1. The predicted octanol–water partition coefficient (Wildman–Crippen LogP) is 4.12. The molecule has 0 N–H and O–H groups in total. The van der Waals surface area contributed by atoms with Crippen molar-refractivity contribution in [3.8, 4) is 0 Å². The Bertz CT molecular complexity index is 741. The van der Waals surface area contributed by atoms with Crippen LogP contribution >= 0.6 is 0 Å². The van der Waals surface area contributed by atoms with Crippen molar-refractivity contribution < 1.29 is 9.18 Å². The highest BCUT2D eigenvalue weighted by atomic mass is 19.1. The van der Waals surface area contributed by atoms with E-state index in [4.69, 9.17) is 0 Å². The van der Waals surface area contributed by atoms with Crippen molar-refractivity contribution >= 4 is 16.8 Å². The number of hydrogen-bond acceptors (Lipinski definition) is 2. The van der Waals surface area contributed by atoms with Crippen LogP contribution < -0.4 is 0 Å². The largest absolute Gasteiger partial charge is 0.325 e. The van der Waals surface area contributed by atoms with E-state index in [0.29, 0.717) is 11.6 Å². The van der Waals surface area contributed by atoms with Gasteiger partial charge in [-0.3, -0.25) is 4.79 Å². The first-order valence-corrected chi connectivity index (χ1v) is 8.34. The summed E-state index contributed by atoms with van der Waals surface area (Å²) in [4.78, 5) is 17.0. The summed E-state index contributed by atoms with van der Waals surface area (Å²) in [6, 6.07) is 3.62. The van der Waals surface area contributed by atoms with E-state index in [0.717, 1.165) is 49.0 Å². The molecule has 0 unspecified atom stereocenters. The van der Waals surface area contributed by atoms with Crippen molar-refractivity contribution in [2.45, 2.75) is 57.9 Å². The molecule has 1 aromatic carbocycles. The maximum atomic E-state index is 14.4. The first-order valence-electron chi connectivity index (χ1n) is 8.34. The number of aromatic nitrogens is 2. The first kappa shape index (κ1) is 13.9. The molecule has 1 heterocycles. The molecule has 2 aliphatic carbocycles. The second-order valence-electron chi connectivity index (χ2n) is 6.78. The fourth-order valence-corrected chi connectivity index (χ4v) is 3.66. The lowest BCUT2D eigenvalue weighted by molar-refractivity contribution is -0.124. The number of imidazole rings is 1. The van der Waals surface area contributed by atoms with Gasteiger partial charge in [-0.2, -0.15) is 0 Å². The lowest BCUT2D eigenvalue weighted by Crippen LogP contribution is -2.24. The van der Waals surface area contributed by atoms with Gasteiger partial charge in [-0.05, 0) is 51.2 Å². The van der Waals surface area contributed by atoms with Gasteiger partial charge in [0.05, 0.1) is 11.0 Å². The van der Waals surface area contributed by atoms with Crippen LogP contribution in [0, 0.1) is 18.7 Å². The van der Waals surface area contributed by atoms with Crippen molar-refractivity contribution in [3.63, 3.8) is 0 Å². The number of Topliss-reactive ketones (excluding diaryl/α,β-unsaturated/α-hetero) is 1. The molecule has 22 heavy (non-hydrogen) atoms. The van der Waals surface area contributed by atoms with Gasteiger partial charge in [-0.15, -0.1) is 0 Å². The smallest absolute Gasteiger partial charge is 0.140 e. The molecule has 2 aromatic rings. The highest BCUT2D eigenvalue weighted by molar-refractivity contribution is 5.89. The SMILES string of the molecule is Cc1nc2ccc(F)c(CC(=O)C3CCC3)c2n1C1CCC1. The van der Waals surface area contributed by atoms with Gasteiger partial charge < -0.3 is 4.57 Å². The van der Waals surface area contributed by atoms with E-state index in [-0.39, 0.29) is 23.9 Å². The minimum absolute atomic E-state index is 0.149. The zero-order valence-electron chi connectivity index (χ0n) is 12.9. The summed E-state index contributed by atoms with van der Waals surface area (Å²) < 4.78 is 16.6. The average Bonchev–Trinajstić information content (AvgIpc) is 2.67. The Labute approximate surface area is 129 Å². The Morgan fingerprint density at radius 2 is 2.00 bits per heavy atom. The number of benzene rings is 1. The highest BCUT2D eigenvalue weighted by Crippen LogP contribution is 2.37. The van der Waals surface area contributed by atoms with Crippen LogP contribution in [0.4, 0.5) is 4.39 Å². The van der Waals surface area contributed by atoms with Crippen molar-refractivity contribution in [2.24, 2.45) is 5.92 Å². The Morgan fingerprint density at radius 1 is 1.27 bits per heavy atom. The van der Waals surface area contributed by atoms with Crippen molar-refractivity contribution in [3.05, 3.63) is 29.3 Å². The van der Waals surface area contributed by atoms with Crippen LogP contribution in [0.5, 0.6) is 0 Å². The first-order chi connectivity index (χ1) is 10.6. The Morgan fingerprint density at radius 3 is 2.59 bits per heavy atom. The Hall–Kier alpha value is -1.71. The van der Waals surface area contributed by atoms with E-state index >= 15 is 0 Å². The number of nitrogens with zero attached hydrogens (tertiary/aromatic N) is 2. The maximum absolute atomic E-state index is 14.4. The summed E-state index contributed by atoms with van der Waals surface area (Å²) in [6.07, 6.45) is 6.75. The van der Waals surface area contributed by atoms with E-state index in [1.54, 1.807) is 6.07 Å². The molecule has 0 saturated heterocycles. The van der Waals surface area contributed by atoms with Gasteiger partial charge in [0.2, 0.25) is 0 Å². The normalized spacial score (nSPS) is 19.2. The number of ketones is 1. The number of halogens is 1. The molecule has 4 heteroatoms. The van der Waals surface area contributed by atoms with Crippen molar-refractivity contribution in [1.29, 1.82) is 0 Å². The molecule has 0 bridgehead atoms. The van der Waals surface area contributed by atoms with E-state index in [2.05, 4.69) is 9.55 Å². The zero-order valence-corrected chi connectivity index (χ0v) is 12.9. The topological polar surface area (TPSA) is 34.9 Å². The maximum Gasteiger partial charge on any atom is 0.140 e. The van der Waals surface area contributed by atoms with Crippen LogP contribution in [-0.2, 0) is 11.2 Å². The average molecular weight is 300 g/mol. The minimum Gasteiger partial charge on any atom is -0.325 e. The molecule has 0 amide bonds. The molecule has 2 fully saturated rings. The zero-order chi connectivity index (χ0) is 15.3. The molecule has 2 aliphatic rings. The van der Waals surface area contributed by atoms with Gasteiger partial charge in [-0.1, -0.05) is 6.42 Å². The highest BCUT2D eigenvalue weighted by Gasteiger charge is 2.29. The number of aryl methyl sites for hydroxylation is 1. The quantitative estimate of drug-likeness (QED) is 0.851. The molecule has 0 spiro atoms. The van der Waals surface area contributed by atoms with Gasteiger partial charge in [0.1, 0.15) is 17.4 Å². The molecular weight excluding hydrogens is 279 g/mol. The second-order valence-corrected chi connectivity index (χ2v) is 6.78. The molecule has 1 aromatic heterocycles. The van der Waals surface area contributed by atoms with E-state index in [9.17, 15) is 9.18 Å². The van der Waals surface area contributed by atoms with Crippen LogP contribution in [0.15, 0.2) is 12.1 Å². The standard InChI is InChI=1S/C18H21FN2O/c1-11-20-16-9-8-15(19)14(10-17(22)12-4-2-5-12)18(16)21(11)13-6-3-7-13/h8-9,12-13H,2-7,10H2,1H3. The van der Waals surface area contributed by atoms with Crippen molar-refractivity contribution in [2.75, 3.05) is 0 Å². The van der Waals surface area contributed by atoms with Gasteiger partial charge in [-0.25, -0.2) is 9.37 Å². The van der Waals surface area contributed by atoms with Gasteiger partial charge in [0.15, 0.2) is 0 Å². The lowest BCUT2D eigenvalue weighted by Gasteiger charge is -2.29. The third-order valence-electron chi connectivity index (χ3n) is 5.43. The molecule has 0 radical (unpaired) electrons. The van der Waals surface area contributed by atoms with Crippen LogP contribution in [0.1, 0.15) is 56.0 Å². The third-order valence-corrected chi connectivity index (χ3v) is 5.43. The molecule has 0 atom stereocenters. The third kappa shape index (κ3) is 2.08. The van der Waals surface area contributed by atoms with E-state index < -0.39 is 0 Å². The van der Waals surface area contributed by atoms with Crippen LogP contribution in [0.25, 0.3) is 11.0 Å². The summed E-state index contributed by atoms with van der Waals surface area (Å²) >= 11 is 0. The van der Waals surface area contributed by atoms with Crippen LogP contribution in [0.2, 0.25) is 0 Å². The van der Waals surface area contributed by atoms with E-state index in [1.807, 2.05) is 6.92 Å². The Balaban J connectivity index is 1.80. The molecule has 2 saturated carbocycles. The van der Waals surface area contributed by atoms with Crippen molar-refractivity contribution in [1.82, 2.24) is 9.55 Å². The van der Waals surface area contributed by atoms with Gasteiger partial charge in [0, 0.05) is 23.9 Å². The summed E-state index contributed by atoms with van der Waals surface area (Å²) in [6.45, 7) is 1.98. The fourth-order valence-electron chi connectivity index (χ4n) is 3.66. The molecular formula is C18H21FN2O. The summed E-state index contributed by atoms with van der Waals surface area (Å²) in [5.41, 5.74) is 2.24. The molecule has 0 aliphatic heterocycles. The summed E-state index contributed by atoms with van der Waals surface area (Å²) in [5, 5.41) is 0. The second kappa shape index (κ2) is 5.18. The summed E-state index contributed by atoms with van der Waals surface area (Å²) in [7, 11) is 0. The van der Waals surface area contributed by atoms with Crippen LogP contribution in [-0.4, -0.2) is 15.3 Å². The summed E-state index contributed by atoms with van der Waals surface area (Å²) in [5.74, 6) is 1.01. The number of carbonyl (C=O) groups is 1. The molecule has 3 nitrogen and oxygen atoms in total. The Kier molecular flexibility index (Phi) is 3.28. The van der Waals surface area contributed by atoms with Crippen LogP contribution in [0.3, 0.4) is 0 Å². The van der Waals surface area contributed by atoms with Gasteiger partial charge >= 0.3 is 0 Å². The fraction of sp³-hybridized carbons (Fsp3) is 0.556. The number of hydrogen-bond donors (Lipinski definition) is 0. The van der Waals surface area contributed by atoms with Gasteiger partial charge in [0.25, 0.3) is 0 Å². The van der Waals surface area contributed by atoms with E-state index in [1.165, 1.54) is 12.5 Å². The number of rotatable bonds is 4. The predicted molar refractivity (Wildman–Crippen MR) is 83.4 cm³/mol. The lowest BCUT2D eigenvalue weighted by atomic mass is 9.80. The minimum atomic E-state index is -0.263. The monoisotopic (exact) mass is 300 g/mol. The molecule has 4 rings (SSSR count). The molecule has 116 valence electrons. The number of fused-ring (bicyclic) bond motifs is 1.